The highest BCUT2D eigenvalue weighted by molar-refractivity contribution is 5.82. The van der Waals surface area contributed by atoms with E-state index in [9.17, 15) is 4.79 Å². The van der Waals surface area contributed by atoms with Crippen LogP contribution >= 0.6 is 0 Å². The van der Waals surface area contributed by atoms with Gasteiger partial charge in [0.1, 0.15) is 5.78 Å². The molecule has 0 bridgehead atoms. The minimum Gasteiger partial charge on any atom is -0.330 e. The topological polar surface area (TPSA) is 43.1 Å². The van der Waals surface area contributed by atoms with Crippen molar-refractivity contribution in [2.75, 3.05) is 6.54 Å². The summed E-state index contributed by atoms with van der Waals surface area (Å²) in [7, 11) is 0. The zero-order chi connectivity index (χ0) is 12.1. The van der Waals surface area contributed by atoms with Crippen LogP contribution in [0.2, 0.25) is 0 Å². The Morgan fingerprint density at radius 3 is 2.59 bits per heavy atom. The van der Waals surface area contributed by atoms with Crippen molar-refractivity contribution in [1.29, 1.82) is 0 Å². The number of ketones is 1. The van der Waals surface area contributed by atoms with E-state index in [1.807, 2.05) is 18.2 Å². The predicted octanol–water partition coefficient (Wildman–Crippen LogP) is 2.56. The van der Waals surface area contributed by atoms with Crippen LogP contribution in [0.4, 0.5) is 0 Å². The number of carbonyl (C=O) groups is 1. The Hall–Kier alpha value is -1.15. The number of benzene rings is 1. The second kappa shape index (κ2) is 5.97. The lowest BCUT2D eigenvalue weighted by Gasteiger charge is -2.34. The highest BCUT2D eigenvalue weighted by Gasteiger charge is 2.32. The minimum absolute atomic E-state index is 0.329. The molecule has 0 heterocycles. The summed E-state index contributed by atoms with van der Waals surface area (Å²) in [5.74, 6) is 1.49. The van der Waals surface area contributed by atoms with E-state index in [0.29, 0.717) is 24.0 Å². The van der Waals surface area contributed by atoms with Gasteiger partial charge in [0.15, 0.2) is 0 Å². The molecular weight excluding hydrogens is 210 g/mol. The molecule has 0 saturated heterocycles. The molecule has 1 saturated carbocycles. The molecule has 1 fully saturated rings. The first-order valence-corrected chi connectivity index (χ1v) is 6.56. The third-order valence-corrected chi connectivity index (χ3v) is 3.77. The molecule has 0 aliphatic heterocycles. The van der Waals surface area contributed by atoms with Crippen LogP contribution in [0.15, 0.2) is 30.3 Å². The lowest BCUT2D eigenvalue weighted by Crippen LogP contribution is -2.31. The maximum absolute atomic E-state index is 11.9. The van der Waals surface area contributed by atoms with E-state index in [1.54, 1.807) is 0 Å². The third kappa shape index (κ3) is 3.40. The zero-order valence-electron chi connectivity index (χ0n) is 10.3. The maximum Gasteiger partial charge on any atom is 0.136 e. The second-order valence-electron chi connectivity index (χ2n) is 5.06. The predicted molar refractivity (Wildman–Crippen MR) is 69.7 cm³/mol. The molecule has 0 aromatic heterocycles. The molecule has 2 heteroatoms. The molecule has 0 amide bonds. The summed E-state index contributed by atoms with van der Waals surface area (Å²) in [5.41, 5.74) is 6.77. The van der Waals surface area contributed by atoms with E-state index >= 15 is 0 Å². The number of rotatable bonds is 6. The fraction of sp³-hybridized carbons (Fsp3) is 0.533. The number of aryl methyl sites for hydroxylation is 1. The monoisotopic (exact) mass is 231 g/mol. The molecule has 1 aliphatic carbocycles. The van der Waals surface area contributed by atoms with Gasteiger partial charge in [-0.3, -0.25) is 4.79 Å². The van der Waals surface area contributed by atoms with Crippen LogP contribution in [0.25, 0.3) is 0 Å². The van der Waals surface area contributed by atoms with Gasteiger partial charge in [-0.1, -0.05) is 30.3 Å². The summed E-state index contributed by atoms with van der Waals surface area (Å²) >= 11 is 0. The smallest absolute Gasteiger partial charge is 0.136 e. The Bertz CT molecular complexity index is 354. The first-order chi connectivity index (χ1) is 8.29. The standard InChI is InChI=1S/C15H21NO/c16-9-8-13-10-14(11-13)15(17)7-6-12-4-2-1-3-5-12/h1-5,13-14H,6-11,16H2. The molecule has 2 rings (SSSR count). The van der Waals surface area contributed by atoms with Crippen LogP contribution in [0.1, 0.15) is 31.2 Å². The van der Waals surface area contributed by atoms with Crippen LogP contribution < -0.4 is 5.73 Å². The first-order valence-electron chi connectivity index (χ1n) is 6.56. The van der Waals surface area contributed by atoms with E-state index in [4.69, 9.17) is 5.73 Å². The van der Waals surface area contributed by atoms with Gasteiger partial charge in [-0.15, -0.1) is 0 Å². The highest BCUT2D eigenvalue weighted by Crippen LogP contribution is 2.37. The average molecular weight is 231 g/mol. The summed E-state index contributed by atoms with van der Waals surface area (Å²) in [4.78, 5) is 11.9. The highest BCUT2D eigenvalue weighted by atomic mass is 16.1. The molecule has 2 nitrogen and oxygen atoms in total. The summed E-state index contributed by atoms with van der Waals surface area (Å²) in [6, 6.07) is 10.2. The summed E-state index contributed by atoms with van der Waals surface area (Å²) in [5, 5.41) is 0. The largest absolute Gasteiger partial charge is 0.330 e. The number of hydrogen-bond acceptors (Lipinski definition) is 2. The molecule has 0 spiro atoms. The van der Waals surface area contributed by atoms with Crippen LogP contribution in [0.5, 0.6) is 0 Å². The van der Waals surface area contributed by atoms with Crippen molar-refractivity contribution in [1.82, 2.24) is 0 Å². The molecule has 0 radical (unpaired) electrons. The van der Waals surface area contributed by atoms with Gasteiger partial charge in [0.2, 0.25) is 0 Å². The lowest BCUT2D eigenvalue weighted by molar-refractivity contribution is -0.126. The minimum atomic E-state index is 0.329. The molecule has 0 unspecified atom stereocenters. The van der Waals surface area contributed by atoms with Crippen molar-refractivity contribution < 1.29 is 4.79 Å². The molecule has 0 atom stereocenters. The van der Waals surface area contributed by atoms with Crippen LogP contribution in [0, 0.1) is 11.8 Å². The van der Waals surface area contributed by atoms with Crippen molar-refractivity contribution in [3.8, 4) is 0 Å². The second-order valence-corrected chi connectivity index (χ2v) is 5.06. The quantitative estimate of drug-likeness (QED) is 0.817. The van der Waals surface area contributed by atoms with Gasteiger partial charge in [-0.2, -0.15) is 0 Å². The number of carbonyl (C=O) groups excluding carboxylic acids is 1. The molecule has 92 valence electrons. The Morgan fingerprint density at radius 2 is 1.94 bits per heavy atom. The first kappa shape index (κ1) is 12.3. The summed E-state index contributed by atoms with van der Waals surface area (Å²) in [6.45, 7) is 0.760. The van der Waals surface area contributed by atoms with Gasteiger partial charge in [-0.05, 0) is 43.7 Å². The zero-order valence-corrected chi connectivity index (χ0v) is 10.3. The van der Waals surface area contributed by atoms with Gasteiger partial charge < -0.3 is 5.73 Å². The van der Waals surface area contributed by atoms with Crippen molar-refractivity contribution in [2.45, 2.75) is 32.1 Å². The van der Waals surface area contributed by atoms with Crippen molar-refractivity contribution in [3.05, 3.63) is 35.9 Å². The van der Waals surface area contributed by atoms with Gasteiger partial charge in [0.05, 0.1) is 0 Å². The Balaban J connectivity index is 1.69. The fourth-order valence-corrected chi connectivity index (χ4v) is 2.59. The van der Waals surface area contributed by atoms with Crippen molar-refractivity contribution in [3.63, 3.8) is 0 Å². The van der Waals surface area contributed by atoms with Crippen LogP contribution in [-0.2, 0) is 11.2 Å². The van der Waals surface area contributed by atoms with E-state index < -0.39 is 0 Å². The number of nitrogens with two attached hydrogens (primary N) is 1. The maximum atomic E-state index is 11.9. The van der Waals surface area contributed by atoms with Gasteiger partial charge in [0, 0.05) is 12.3 Å². The Morgan fingerprint density at radius 1 is 1.24 bits per heavy atom. The number of Topliss-reactive ketones (excluding diaryl/α,β-unsaturated/α-hetero) is 1. The summed E-state index contributed by atoms with van der Waals surface area (Å²) < 4.78 is 0. The molecule has 2 N–H and O–H groups in total. The van der Waals surface area contributed by atoms with Crippen LogP contribution in [0.3, 0.4) is 0 Å². The van der Waals surface area contributed by atoms with Crippen molar-refractivity contribution >= 4 is 5.78 Å². The average Bonchev–Trinajstić information content (AvgIpc) is 2.31. The molecule has 1 aliphatic rings. The number of hydrogen-bond donors (Lipinski definition) is 1. The van der Waals surface area contributed by atoms with E-state index in [-0.39, 0.29) is 0 Å². The molecule has 1 aromatic carbocycles. The van der Waals surface area contributed by atoms with E-state index in [2.05, 4.69) is 12.1 Å². The van der Waals surface area contributed by atoms with Gasteiger partial charge >= 0.3 is 0 Å². The Kier molecular flexibility index (Phi) is 4.32. The van der Waals surface area contributed by atoms with Crippen LogP contribution in [-0.4, -0.2) is 12.3 Å². The normalized spacial score (nSPS) is 23.1. The Labute approximate surface area is 103 Å². The molecule has 17 heavy (non-hydrogen) atoms. The third-order valence-electron chi connectivity index (χ3n) is 3.77. The van der Waals surface area contributed by atoms with E-state index in [0.717, 1.165) is 32.2 Å². The lowest BCUT2D eigenvalue weighted by atomic mass is 9.70. The summed E-state index contributed by atoms with van der Waals surface area (Å²) in [6.07, 6.45) is 4.82. The molecule has 1 aromatic rings. The van der Waals surface area contributed by atoms with Gasteiger partial charge in [0.25, 0.3) is 0 Å². The van der Waals surface area contributed by atoms with Gasteiger partial charge in [-0.25, -0.2) is 0 Å². The SMILES string of the molecule is NCCC1CC(C(=O)CCc2ccccc2)C1. The van der Waals surface area contributed by atoms with Crippen molar-refractivity contribution in [2.24, 2.45) is 17.6 Å². The fourth-order valence-electron chi connectivity index (χ4n) is 2.59. The molecular formula is C15H21NO. The van der Waals surface area contributed by atoms with E-state index in [1.165, 1.54) is 5.56 Å².